The fourth-order valence-corrected chi connectivity index (χ4v) is 1.85. The molecule has 0 spiro atoms. The highest BCUT2D eigenvalue weighted by molar-refractivity contribution is 9.10. The van der Waals surface area contributed by atoms with Crippen LogP contribution in [-0.2, 0) is 6.42 Å². The molecule has 94 valence electrons. The van der Waals surface area contributed by atoms with Crippen LogP contribution in [-0.4, -0.2) is 15.0 Å². The molecule has 0 amide bonds. The lowest BCUT2D eigenvalue weighted by atomic mass is 10.2. The fourth-order valence-electron chi connectivity index (χ4n) is 1.45. The minimum Gasteiger partial charge on any atom is -0.436 e. The minimum absolute atomic E-state index is 0.145. The Balaban J connectivity index is 2.36. The monoisotopic (exact) mass is 327 g/mol. The van der Waals surface area contributed by atoms with Gasteiger partial charge in [0, 0.05) is 11.9 Å². The molecule has 0 atom stereocenters. The summed E-state index contributed by atoms with van der Waals surface area (Å²) in [5.41, 5.74) is 1.84. The van der Waals surface area contributed by atoms with Gasteiger partial charge in [-0.1, -0.05) is 6.92 Å². The number of aryl methyl sites for hydroxylation is 2. The number of ether oxygens (including phenoxy) is 1. The largest absolute Gasteiger partial charge is 0.436 e. The first-order valence-electron chi connectivity index (χ1n) is 5.42. The molecule has 2 rings (SSSR count). The summed E-state index contributed by atoms with van der Waals surface area (Å²) >= 11 is 9.06. The molecule has 0 bridgehead atoms. The van der Waals surface area contributed by atoms with Crippen molar-refractivity contribution in [3.05, 3.63) is 39.5 Å². The van der Waals surface area contributed by atoms with Gasteiger partial charge in [0.1, 0.15) is 0 Å². The van der Waals surface area contributed by atoms with Crippen LogP contribution >= 0.6 is 27.5 Å². The second-order valence-corrected chi connectivity index (χ2v) is 4.84. The number of rotatable bonds is 3. The molecular formula is C12H11BrClN3O. The minimum atomic E-state index is 0.145. The lowest BCUT2D eigenvalue weighted by molar-refractivity contribution is 0.449. The van der Waals surface area contributed by atoms with Gasteiger partial charge < -0.3 is 4.74 Å². The zero-order valence-electron chi connectivity index (χ0n) is 9.94. The van der Waals surface area contributed by atoms with Crippen LogP contribution in [0.25, 0.3) is 0 Å². The Labute approximate surface area is 119 Å². The van der Waals surface area contributed by atoms with Gasteiger partial charge in [0.05, 0.1) is 10.2 Å². The normalized spacial score (nSPS) is 10.4. The summed E-state index contributed by atoms with van der Waals surface area (Å²) in [5.74, 6) is 1.06. The van der Waals surface area contributed by atoms with Crippen molar-refractivity contribution in [3.8, 4) is 11.6 Å². The van der Waals surface area contributed by atoms with Crippen molar-refractivity contribution in [2.24, 2.45) is 0 Å². The van der Waals surface area contributed by atoms with E-state index in [2.05, 4.69) is 30.9 Å². The highest BCUT2D eigenvalue weighted by Gasteiger charge is 2.10. The van der Waals surface area contributed by atoms with E-state index in [1.54, 1.807) is 6.20 Å². The first-order chi connectivity index (χ1) is 8.60. The maximum atomic E-state index is 5.74. The number of nitrogens with zero attached hydrogens (tertiary/aromatic N) is 3. The Hall–Kier alpha value is -1.20. The number of aromatic nitrogens is 3. The van der Waals surface area contributed by atoms with E-state index in [9.17, 15) is 0 Å². The zero-order chi connectivity index (χ0) is 13.1. The summed E-state index contributed by atoms with van der Waals surface area (Å²) in [5, 5.41) is 0.145. The van der Waals surface area contributed by atoms with Crippen LogP contribution in [0.5, 0.6) is 11.6 Å². The van der Waals surface area contributed by atoms with Crippen LogP contribution < -0.4 is 4.74 Å². The van der Waals surface area contributed by atoms with E-state index in [-0.39, 0.29) is 5.28 Å². The molecule has 18 heavy (non-hydrogen) atoms. The van der Waals surface area contributed by atoms with Gasteiger partial charge in [-0.3, -0.25) is 4.98 Å². The molecule has 0 aliphatic heterocycles. The maximum absolute atomic E-state index is 5.74. The van der Waals surface area contributed by atoms with Crippen molar-refractivity contribution >= 4 is 27.5 Å². The van der Waals surface area contributed by atoms with Gasteiger partial charge in [0.2, 0.25) is 11.2 Å². The quantitative estimate of drug-likeness (QED) is 0.800. The molecule has 2 heterocycles. The molecule has 0 radical (unpaired) electrons. The molecule has 0 N–H and O–H groups in total. The van der Waals surface area contributed by atoms with Crippen molar-refractivity contribution in [2.75, 3.05) is 0 Å². The number of pyridine rings is 1. The Morgan fingerprint density at radius 3 is 2.83 bits per heavy atom. The summed E-state index contributed by atoms with van der Waals surface area (Å²) in [6.45, 7) is 3.97. The average molecular weight is 329 g/mol. The van der Waals surface area contributed by atoms with Gasteiger partial charge in [-0.25, -0.2) is 4.98 Å². The third-order valence-electron chi connectivity index (χ3n) is 2.30. The summed E-state index contributed by atoms with van der Waals surface area (Å²) in [6.07, 6.45) is 2.34. The number of hydrogen-bond donors (Lipinski definition) is 0. The topological polar surface area (TPSA) is 47.9 Å². The van der Waals surface area contributed by atoms with Crippen LogP contribution in [0.1, 0.15) is 18.3 Å². The van der Waals surface area contributed by atoms with Gasteiger partial charge in [-0.15, -0.1) is 0 Å². The van der Waals surface area contributed by atoms with E-state index in [0.717, 1.165) is 17.8 Å². The smallest absolute Gasteiger partial charge is 0.238 e. The average Bonchev–Trinajstić information content (AvgIpc) is 2.36. The van der Waals surface area contributed by atoms with Gasteiger partial charge in [0.25, 0.3) is 0 Å². The Bertz CT molecular complexity index is 577. The molecule has 0 aromatic carbocycles. The van der Waals surface area contributed by atoms with Crippen molar-refractivity contribution in [1.29, 1.82) is 0 Å². The summed E-state index contributed by atoms with van der Waals surface area (Å²) in [7, 11) is 0. The van der Waals surface area contributed by atoms with Crippen LogP contribution in [0, 0.1) is 6.92 Å². The second-order valence-electron chi connectivity index (χ2n) is 3.65. The highest BCUT2D eigenvalue weighted by atomic mass is 79.9. The Morgan fingerprint density at radius 2 is 2.11 bits per heavy atom. The summed E-state index contributed by atoms with van der Waals surface area (Å²) < 4.78 is 6.37. The molecule has 0 saturated carbocycles. The standard InChI is InChI=1S/C12H11BrClN3O/c1-3-9-10(5-4-7(2)16-9)18-11-8(13)6-15-12(14)17-11/h4-6H,3H2,1-2H3. The predicted molar refractivity (Wildman–Crippen MR) is 73.2 cm³/mol. The van der Waals surface area contributed by atoms with Crippen molar-refractivity contribution in [2.45, 2.75) is 20.3 Å². The third-order valence-corrected chi connectivity index (χ3v) is 3.02. The number of halogens is 2. The van der Waals surface area contributed by atoms with Gasteiger partial charge >= 0.3 is 0 Å². The van der Waals surface area contributed by atoms with Crippen LogP contribution in [0.4, 0.5) is 0 Å². The van der Waals surface area contributed by atoms with Gasteiger partial charge in [0.15, 0.2) is 5.75 Å². The molecule has 4 nitrogen and oxygen atoms in total. The summed E-state index contributed by atoms with van der Waals surface area (Å²) in [4.78, 5) is 12.3. The lowest BCUT2D eigenvalue weighted by Crippen LogP contribution is -1.98. The van der Waals surface area contributed by atoms with Crippen LogP contribution in [0.2, 0.25) is 5.28 Å². The molecular weight excluding hydrogens is 318 g/mol. The number of hydrogen-bond acceptors (Lipinski definition) is 4. The SMILES string of the molecule is CCc1nc(C)ccc1Oc1nc(Cl)ncc1Br. The first kappa shape index (κ1) is 13.2. The van der Waals surface area contributed by atoms with Crippen molar-refractivity contribution in [1.82, 2.24) is 15.0 Å². The van der Waals surface area contributed by atoms with Gasteiger partial charge in [-0.05, 0) is 53.0 Å². The third kappa shape index (κ3) is 2.97. The molecule has 0 aliphatic carbocycles. The van der Waals surface area contributed by atoms with E-state index in [0.29, 0.717) is 16.1 Å². The predicted octanol–water partition coefficient (Wildman–Crippen LogP) is 3.95. The molecule has 0 fully saturated rings. The fraction of sp³-hybridized carbons (Fsp3) is 0.250. The van der Waals surface area contributed by atoms with Crippen molar-refractivity contribution < 1.29 is 4.74 Å². The lowest BCUT2D eigenvalue weighted by Gasteiger charge is -2.10. The van der Waals surface area contributed by atoms with Crippen LogP contribution in [0.3, 0.4) is 0 Å². The van der Waals surface area contributed by atoms with Crippen LogP contribution in [0.15, 0.2) is 22.8 Å². The van der Waals surface area contributed by atoms with Gasteiger partial charge in [-0.2, -0.15) is 4.98 Å². The zero-order valence-corrected chi connectivity index (χ0v) is 12.3. The molecule has 0 saturated heterocycles. The van der Waals surface area contributed by atoms with E-state index >= 15 is 0 Å². The molecule has 2 aromatic heterocycles. The molecule has 0 unspecified atom stereocenters. The molecule has 2 aromatic rings. The highest BCUT2D eigenvalue weighted by Crippen LogP contribution is 2.29. The summed E-state index contributed by atoms with van der Waals surface area (Å²) in [6, 6.07) is 3.77. The van der Waals surface area contributed by atoms with E-state index in [1.807, 2.05) is 26.0 Å². The maximum Gasteiger partial charge on any atom is 0.238 e. The molecule has 0 aliphatic rings. The van der Waals surface area contributed by atoms with E-state index < -0.39 is 0 Å². The van der Waals surface area contributed by atoms with E-state index in [1.165, 1.54) is 0 Å². The Morgan fingerprint density at radius 1 is 1.33 bits per heavy atom. The first-order valence-corrected chi connectivity index (χ1v) is 6.59. The Kier molecular flexibility index (Phi) is 4.14. The van der Waals surface area contributed by atoms with E-state index in [4.69, 9.17) is 16.3 Å². The molecule has 6 heteroatoms. The van der Waals surface area contributed by atoms with Crippen molar-refractivity contribution in [3.63, 3.8) is 0 Å². The second kappa shape index (κ2) is 5.63.